The van der Waals surface area contributed by atoms with E-state index in [4.69, 9.17) is 11.6 Å². The standard InChI is InChI=1S/C10H23ClN2/c1-4-13(5-2)7-6-12-9-10(3)8-11/h10,12H,4-9H2,1-3H3. The molecule has 0 aliphatic rings. The van der Waals surface area contributed by atoms with E-state index < -0.39 is 0 Å². The maximum absolute atomic E-state index is 5.70. The number of rotatable bonds is 8. The summed E-state index contributed by atoms with van der Waals surface area (Å²) in [5.41, 5.74) is 0. The smallest absolute Gasteiger partial charge is 0.0261 e. The van der Waals surface area contributed by atoms with Crippen molar-refractivity contribution in [2.45, 2.75) is 20.8 Å². The van der Waals surface area contributed by atoms with Crippen LogP contribution in [0.15, 0.2) is 0 Å². The van der Waals surface area contributed by atoms with Crippen molar-refractivity contribution in [1.29, 1.82) is 0 Å². The molecule has 0 spiro atoms. The van der Waals surface area contributed by atoms with Gasteiger partial charge in [-0.3, -0.25) is 0 Å². The van der Waals surface area contributed by atoms with Crippen molar-refractivity contribution in [3.63, 3.8) is 0 Å². The van der Waals surface area contributed by atoms with E-state index in [1.807, 2.05) is 0 Å². The zero-order valence-electron chi connectivity index (χ0n) is 9.15. The number of nitrogens with zero attached hydrogens (tertiary/aromatic N) is 1. The van der Waals surface area contributed by atoms with Gasteiger partial charge in [0.25, 0.3) is 0 Å². The van der Waals surface area contributed by atoms with Crippen LogP contribution in [0.2, 0.25) is 0 Å². The van der Waals surface area contributed by atoms with Gasteiger partial charge in [-0.25, -0.2) is 0 Å². The largest absolute Gasteiger partial charge is 0.315 e. The molecule has 0 aromatic rings. The van der Waals surface area contributed by atoms with Crippen molar-refractivity contribution in [2.75, 3.05) is 38.6 Å². The maximum atomic E-state index is 5.70. The molecule has 2 nitrogen and oxygen atoms in total. The second-order valence-corrected chi connectivity index (χ2v) is 3.80. The molecule has 0 rings (SSSR count). The van der Waals surface area contributed by atoms with Gasteiger partial charge in [-0.2, -0.15) is 0 Å². The van der Waals surface area contributed by atoms with Crippen LogP contribution < -0.4 is 5.32 Å². The van der Waals surface area contributed by atoms with Crippen LogP contribution in [0.5, 0.6) is 0 Å². The molecule has 1 unspecified atom stereocenters. The Morgan fingerprint density at radius 2 is 1.92 bits per heavy atom. The lowest BCUT2D eigenvalue weighted by atomic mass is 10.2. The fourth-order valence-electron chi connectivity index (χ4n) is 1.18. The van der Waals surface area contributed by atoms with Gasteiger partial charge >= 0.3 is 0 Å². The molecule has 0 aromatic carbocycles. The van der Waals surface area contributed by atoms with E-state index in [1.54, 1.807) is 0 Å². The quantitative estimate of drug-likeness (QED) is 0.481. The topological polar surface area (TPSA) is 15.3 Å². The Morgan fingerprint density at radius 3 is 2.38 bits per heavy atom. The summed E-state index contributed by atoms with van der Waals surface area (Å²) in [7, 11) is 0. The molecule has 0 saturated heterocycles. The predicted octanol–water partition coefficient (Wildman–Crippen LogP) is 1.79. The van der Waals surface area contributed by atoms with E-state index in [1.165, 1.54) is 0 Å². The predicted molar refractivity (Wildman–Crippen MR) is 60.5 cm³/mol. The fourth-order valence-corrected chi connectivity index (χ4v) is 1.29. The van der Waals surface area contributed by atoms with Crippen LogP contribution in [0.1, 0.15) is 20.8 Å². The maximum Gasteiger partial charge on any atom is 0.0261 e. The monoisotopic (exact) mass is 206 g/mol. The Kier molecular flexibility index (Phi) is 8.93. The van der Waals surface area contributed by atoms with Crippen molar-refractivity contribution in [1.82, 2.24) is 10.2 Å². The van der Waals surface area contributed by atoms with Gasteiger partial charge in [-0.05, 0) is 25.6 Å². The molecule has 0 aliphatic carbocycles. The molecule has 0 amide bonds. The summed E-state index contributed by atoms with van der Waals surface area (Å²) in [5.74, 6) is 1.33. The first-order chi connectivity index (χ1) is 6.24. The Hall–Kier alpha value is 0.210. The SMILES string of the molecule is CCN(CC)CCNCC(C)CCl. The first kappa shape index (κ1) is 13.2. The zero-order valence-corrected chi connectivity index (χ0v) is 9.90. The van der Waals surface area contributed by atoms with E-state index in [0.717, 1.165) is 38.6 Å². The summed E-state index contributed by atoms with van der Waals surface area (Å²) < 4.78 is 0. The van der Waals surface area contributed by atoms with Crippen LogP contribution in [0.25, 0.3) is 0 Å². The van der Waals surface area contributed by atoms with Crippen molar-refractivity contribution >= 4 is 11.6 Å². The van der Waals surface area contributed by atoms with E-state index in [-0.39, 0.29) is 0 Å². The molecule has 13 heavy (non-hydrogen) atoms. The molecule has 80 valence electrons. The van der Waals surface area contributed by atoms with E-state index in [0.29, 0.717) is 5.92 Å². The summed E-state index contributed by atoms with van der Waals surface area (Å²) in [6.45, 7) is 12.1. The first-order valence-corrected chi connectivity index (χ1v) is 5.77. The zero-order chi connectivity index (χ0) is 10.1. The Balaban J connectivity index is 3.23. The van der Waals surface area contributed by atoms with E-state index in [2.05, 4.69) is 31.0 Å². The molecule has 0 radical (unpaired) electrons. The average molecular weight is 207 g/mol. The van der Waals surface area contributed by atoms with Gasteiger partial charge in [0.2, 0.25) is 0 Å². The van der Waals surface area contributed by atoms with Gasteiger partial charge in [-0.1, -0.05) is 20.8 Å². The molecule has 1 atom stereocenters. The summed E-state index contributed by atoms with van der Waals surface area (Å²) in [6.07, 6.45) is 0. The minimum atomic E-state index is 0.582. The lowest BCUT2D eigenvalue weighted by Crippen LogP contribution is -2.33. The van der Waals surface area contributed by atoms with Crippen molar-refractivity contribution < 1.29 is 0 Å². The third-order valence-corrected chi connectivity index (χ3v) is 2.78. The van der Waals surface area contributed by atoms with Gasteiger partial charge < -0.3 is 10.2 Å². The molecule has 0 saturated carbocycles. The minimum absolute atomic E-state index is 0.582. The Labute approximate surface area is 87.6 Å². The van der Waals surface area contributed by atoms with E-state index in [9.17, 15) is 0 Å². The summed E-state index contributed by atoms with van der Waals surface area (Å²) in [4.78, 5) is 2.42. The molecular weight excluding hydrogens is 184 g/mol. The van der Waals surface area contributed by atoms with Gasteiger partial charge in [0.05, 0.1) is 0 Å². The second kappa shape index (κ2) is 8.79. The average Bonchev–Trinajstić information content (AvgIpc) is 2.18. The number of likely N-dealkylation sites (N-methyl/N-ethyl adjacent to an activating group) is 1. The molecule has 0 bridgehead atoms. The molecule has 0 aromatic heterocycles. The van der Waals surface area contributed by atoms with Crippen molar-refractivity contribution in [2.24, 2.45) is 5.92 Å². The van der Waals surface area contributed by atoms with Crippen LogP contribution in [0.3, 0.4) is 0 Å². The molecule has 3 heteroatoms. The number of nitrogens with one attached hydrogen (secondary N) is 1. The lowest BCUT2D eigenvalue weighted by molar-refractivity contribution is 0.300. The van der Waals surface area contributed by atoms with Crippen molar-refractivity contribution in [3.05, 3.63) is 0 Å². The third-order valence-electron chi connectivity index (χ3n) is 2.26. The minimum Gasteiger partial charge on any atom is -0.315 e. The van der Waals surface area contributed by atoms with Gasteiger partial charge in [0.1, 0.15) is 0 Å². The van der Waals surface area contributed by atoms with Crippen LogP contribution in [0.4, 0.5) is 0 Å². The fraction of sp³-hybridized carbons (Fsp3) is 1.00. The number of alkyl halides is 1. The Morgan fingerprint density at radius 1 is 1.31 bits per heavy atom. The normalized spacial score (nSPS) is 13.6. The molecular formula is C10H23ClN2. The van der Waals surface area contributed by atoms with E-state index >= 15 is 0 Å². The van der Waals surface area contributed by atoms with Crippen molar-refractivity contribution in [3.8, 4) is 0 Å². The summed E-state index contributed by atoms with van der Waals surface area (Å²) in [5, 5.41) is 3.41. The molecule has 0 heterocycles. The number of hydrogen-bond donors (Lipinski definition) is 1. The molecule has 0 fully saturated rings. The number of hydrogen-bond acceptors (Lipinski definition) is 2. The van der Waals surface area contributed by atoms with Gasteiger partial charge in [0.15, 0.2) is 0 Å². The van der Waals surface area contributed by atoms with Gasteiger partial charge in [-0.15, -0.1) is 11.6 Å². The third kappa shape index (κ3) is 7.29. The highest BCUT2D eigenvalue weighted by Gasteiger charge is 2.00. The van der Waals surface area contributed by atoms with Crippen LogP contribution in [-0.2, 0) is 0 Å². The first-order valence-electron chi connectivity index (χ1n) is 5.23. The summed E-state index contributed by atoms with van der Waals surface area (Å²) in [6, 6.07) is 0. The van der Waals surface area contributed by atoms with Crippen LogP contribution >= 0.6 is 11.6 Å². The van der Waals surface area contributed by atoms with Gasteiger partial charge in [0, 0.05) is 19.0 Å². The summed E-state index contributed by atoms with van der Waals surface area (Å²) >= 11 is 5.70. The highest BCUT2D eigenvalue weighted by molar-refractivity contribution is 6.18. The molecule has 1 N–H and O–H groups in total. The molecule has 0 aliphatic heterocycles. The van der Waals surface area contributed by atoms with Crippen LogP contribution in [0, 0.1) is 5.92 Å². The highest BCUT2D eigenvalue weighted by atomic mass is 35.5. The lowest BCUT2D eigenvalue weighted by Gasteiger charge is -2.18. The number of halogens is 1. The van der Waals surface area contributed by atoms with Crippen LogP contribution in [-0.4, -0.2) is 43.5 Å². The second-order valence-electron chi connectivity index (χ2n) is 3.49. The highest BCUT2D eigenvalue weighted by Crippen LogP contribution is 1.94. The Bertz CT molecular complexity index is 105.